The average Bonchev–Trinajstić information content (AvgIpc) is 3.14. The molecule has 0 heterocycles. The SMILES string of the molecule is CC/C=C\C/C=C\C/C=C\C/C=C\CCCCCCCCCCCCCCCOCC(CO)OC(=O)CCCCCCC/C=C\C/C=C\CCC. The van der Waals surface area contributed by atoms with Crippen LogP contribution in [0.1, 0.15) is 194 Å². The first-order valence-electron chi connectivity index (χ1n) is 21.5. The fraction of sp³-hybridized carbons (Fsp3) is 0.723. The lowest BCUT2D eigenvalue weighted by Gasteiger charge is -2.15. The Hall–Kier alpha value is -2.17. The predicted molar refractivity (Wildman–Crippen MR) is 223 cm³/mol. The first-order chi connectivity index (χ1) is 25.2. The van der Waals surface area contributed by atoms with Crippen LogP contribution in [0.5, 0.6) is 0 Å². The topological polar surface area (TPSA) is 55.8 Å². The van der Waals surface area contributed by atoms with Gasteiger partial charge >= 0.3 is 5.97 Å². The van der Waals surface area contributed by atoms with Crippen molar-refractivity contribution < 1.29 is 19.4 Å². The summed E-state index contributed by atoms with van der Waals surface area (Å²) < 4.78 is 11.1. The number of rotatable bonds is 39. The zero-order chi connectivity index (χ0) is 37.0. The molecule has 0 amide bonds. The number of aliphatic hydroxyl groups is 1. The van der Waals surface area contributed by atoms with Crippen molar-refractivity contribution in [3.05, 3.63) is 72.9 Å². The highest BCUT2D eigenvalue weighted by molar-refractivity contribution is 5.69. The number of carbonyl (C=O) groups excluding carboxylic acids is 1. The van der Waals surface area contributed by atoms with Gasteiger partial charge in [-0.2, -0.15) is 0 Å². The maximum absolute atomic E-state index is 12.2. The van der Waals surface area contributed by atoms with E-state index in [0.717, 1.165) is 64.2 Å². The molecule has 1 atom stereocenters. The van der Waals surface area contributed by atoms with E-state index in [-0.39, 0.29) is 19.2 Å². The van der Waals surface area contributed by atoms with E-state index in [9.17, 15) is 9.90 Å². The second kappa shape index (κ2) is 44.0. The van der Waals surface area contributed by atoms with E-state index in [1.165, 1.54) is 109 Å². The first-order valence-corrected chi connectivity index (χ1v) is 21.5. The van der Waals surface area contributed by atoms with Gasteiger partial charge in [-0.3, -0.25) is 4.79 Å². The predicted octanol–water partition coefficient (Wildman–Crippen LogP) is 14.2. The van der Waals surface area contributed by atoms with E-state index in [1.807, 2.05) is 0 Å². The molecule has 0 aromatic rings. The van der Waals surface area contributed by atoms with Crippen molar-refractivity contribution in [3.8, 4) is 0 Å². The second-order valence-electron chi connectivity index (χ2n) is 14.0. The smallest absolute Gasteiger partial charge is 0.306 e. The van der Waals surface area contributed by atoms with Crippen LogP contribution < -0.4 is 0 Å². The largest absolute Gasteiger partial charge is 0.457 e. The summed E-state index contributed by atoms with van der Waals surface area (Å²) in [5.41, 5.74) is 0. The molecule has 51 heavy (non-hydrogen) atoms. The van der Waals surface area contributed by atoms with Gasteiger partial charge in [0.25, 0.3) is 0 Å². The van der Waals surface area contributed by atoms with Gasteiger partial charge in [-0.1, -0.05) is 183 Å². The fourth-order valence-electron chi connectivity index (χ4n) is 5.83. The summed E-state index contributed by atoms with van der Waals surface area (Å²) in [5.74, 6) is -0.217. The maximum atomic E-state index is 12.2. The number of esters is 1. The van der Waals surface area contributed by atoms with Gasteiger partial charge in [0.15, 0.2) is 0 Å². The molecule has 1 unspecified atom stereocenters. The number of ether oxygens (including phenoxy) is 2. The Bertz CT molecular complexity index is 881. The molecule has 0 aliphatic carbocycles. The normalized spacial score (nSPS) is 13.1. The Morgan fingerprint density at radius 2 is 0.882 bits per heavy atom. The lowest BCUT2D eigenvalue weighted by molar-refractivity contribution is -0.154. The molecule has 0 rings (SSSR count). The molecule has 0 saturated heterocycles. The Balaban J connectivity index is 3.43. The van der Waals surface area contributed by atoms with Crippen molar-refractivity contribution in [1.82, 2.24) is 0 Å². The van der Waals surface area contributed by atoms with Crippen molar-refractivity contribution in [3.63, 3.8) is 0 Å². The van der Waals surface area contributed by atoms with E-state index in [4.69, 9.17) is 9.47 Å². The van der Waals surface area contributed by atoms with Crippen molar-refractivity contribution >= 4 is 5.97 Å². The molecule has 0 aromatic carbocycles. The number of hydrogen-bond acceptors (Lipinski definition) is 4. The van der Waals surface area contributed by atoms with Crippen LogP contribution in [0, 0.1) is 0 Å². The van der Waals surface area contributed by atoms with Crippen molar-refractivity contribution in [2.24, 2.45) is 0 Å². The zero-order valence-electron chi connectivity index (χ0n) is 33.6. The average molecular weight is 711 g/mol. The molecule has 0 bridgehead atoms. The third-order valence-corrected chi connectivity index (χ3v) is 9.00. The number of hydrogen-bond donors (Lipinski definition) is 1. The highest BCUT2D eigenvalue weighted by Crippen LogP contribution is 2.14. The molecule has 1 N–H and O–H groups in total. The Kier molecular flexibility index (Phi) is 42.1. The van der Waals surface area contributed by atoms with Crippen LogP contribution in [0.2, 0.25) is 0 Å². The molecule has 294 valence electrons. The monoisotopic (exact) mass is 711 g/mol. The van der Waals surface area contributed by atoms with Crippen LogP contribution in [0.25, 0.3) is 0 Å². The van der Waals surface area contributed by atoms with Gasteiger partial charge < -0.3 is 14.6 Å². The highest BCUT2D eigenvalue weighted by Gasteiger charge is 2.13. The molecule has 0 aromatic heterocycles. The van der Waals surface area contributed by atoms with E-state index in [1.54, 1.807) is 0 Å². The zero-order valence-corrected chi connectivity index (χ0v) is 33.6. The van der Waals surface area contributed by atoms with Crippen LogP contribution in [0.4, 0.5) is 0 Å². The third kappa shape index (κ3) is 42.1. The minimum atomic E-state index is -0.544. The Morgan fingerprint density at radius 3 is 1.33 bits per heavy atom. The van der Waals surface area contributed by atoms with Gasteiger partial charge in [0, 0.05) is 13.0 Å². The number of carbonyl (C=O) groups is 1. The summed E-state index contributed by atoms with van der Waals surface area (Å²) in [5, 5.41) is 9.59. The molecule has 0 fully saturated rings. The molecular formula is C47H82O4. The summed E-state index contributed by atoms with van der Waals surface area (Å²) in [6, 6.07) is 0. The third-order valence-electron chi connectivity index (χ3n) is 9.00. The van der Waals surface area contributed by atoms with Gasteiger partial charge in [-0.15, -0.1) is 0 Å². The van der Waals surface area contributed by atoms with Gasteiger partial charge in [-0.05, 0) is 77.0 Å². The van der Waals surface area contributed by atoms with Gasteiger partial charge in [0.05, 0.1) is 13.2 Å². The fourth-order valence-corrected chi connectivity index (χ4v) is 5.83. The van der Waals surface area contributed by atoms with Crippen LogP contribution >= 0.6 is 0 Å². The molecule has 0 aliphatic heterocycles. The van der Waals surface area contributed by atoms with E-state index < -0.39 is 6.10 Å². The summed E-state index contributed by atoms with van der Waals surface area (Å²) >= 11 is 0. The Labute approximate surface area is 317 Å². The lowest BCUT2D eigenvalue weighted by atomic mass is 10.0. The van der Waals surface area contributed by atoms with Crippen LogP contribution in [0.15, 0.2) is 72.9 Å². The summed E-state index contributed by atoms with van der Waals surface area (Å²) in [7, 11) is 0. The first kappa shape index (κ1) is 48.8. The molecule has 0 spiro atoms. The molecule has 0 aliphatic rings. The summed E-state index contributed by atoms with van der Waals surface area (Å²) in [6.07, 6.45) is 59.7. The van der Waals surface area contributed by atoms with Gasteiger partial charge in [-0.25, -0.2) is 0 Å². The van der Waals surface area contributed by atoms with Crippen LogP contribution in [-0.2, 0) is 14.3 Å². The quantitative estimate of drug-likeness (QED) is 0.0392. The highest BCUT2D eigenvalue weighted by atomic mass is 16.6. The molecule has 4 heteroatoms. The standard InChI is InChI=1S/C47H82O4/c1-3-5-7-9-11-13-15-17-18-19-20-21-22-23-24-25-26-27-28-29-31-33-35-37-39-41-43-50-45-46(44-48)51-47(49)42-40-38-36-34-32-30-16-14-12-10-8-6-4-2/h5,7-8,10-11,13-14,16-18,20-21,46,48H,3-4,6,9,12,15,19,22-45H2,1-2H3/b7-5-,10-8-,13-11-,16-14-,18-17-,21-20-. The van der Waals surface area contributed by atoms with Gasteiger partial charge in [0.2, 0.25) is 0 Å². The Morgan fingerprint density at radius 1 is 0.490 bits per heavy atom. The van der Waals surface area contributed by atoms with Gasteiger partial charge in [0.1, 0.15) is 6.10 Å². The number of aliphatic hydroxyl groups excluding tert-OH is 1. The molecule has 0 saturated carbocycles. The number of allylic oxidation sites excluding steroid dienone is 12. The minimum absolute atomic E-state index is 0.180. The summed E-state index contributed by atoms with van der Waals surface area (Å²) in [6.45, 7) is 5.15. The van der Waals surface area contributed by atoms with Crippen molar-refractivity contribution in [2.45, 2.75) is 200 Å². The van der Waals surface area contributed by atoms with E-state index in [0.29, 0.717) is 13.0 Å². The van der Waals surface area contributed by atoms with Crippen LogP contribution in [0.3, 0.4) is 0 Å². The lowest BCUT2D eigenvalue weighted by Crippen LogP contribution is -2.27. The molecular weight excluding hydrogens is 629 g/mol. The van der Waals surface area contributed by atoms with E-state index in [2.05, 4.69) is 86.8 Å². The van der Waals surface area contributed by atoms with Crippen LogP contribution in [-0.4, -0.2) is 37.0 Å². The summed E-state index contributed by atoms with van der Waals surface area (Å²) in [4.78, 5) is 12.2. The molecule has 4 nitrogen and oxygen atoms in total. The maximum Gasteiger partial charge on any atom is 0.306 e. The van der Waals surface area contributed by atoms with Crippen molar-refractivity contribution in [1.29, 1.82) is 0 Å². The minimum Gasteiger partial charge on any atom is -0.457 e. The van der Waals surface area contributed by atoms with E-state index >= 15 is 0 Å². The molecule has 0 radical (unpaired) electrons. The number of unbranched alkanes of at least 4 members (excludes halogenated alkanes) is 19. The van der Waals surface area contributed by atoms with Crippen molar-refractivity contribution in [2.75, 3.05) is 19.8 Å². The second-order valence-corrected chi connectivity index (χ2v) is 14.0.